The molecule has 1 atom stereocenters. The SMILES string of the molecule is Cn1nncc1C(O)C1CCC(C(F)(F)F)CC1. The fourth-order valence-electron chi connectivity index (χ4n) is 2.57. The highest BCUT2D eigenvalue weighted by atomic mass is 19.4. The van der Waals surface area contributed by atoms with Gasteiger partial charge < -0.3 is 5.11 Å². The summed E-state index contributed by atoms with van der Waals surface area (Å²) in [5, 5.41) is 17.5. The van der Waals surface area contributed by atoms with E-state index in [0.29, 0.717) is 18.5 Å². The highest BCUT2D eigenvalue weighted by Crippen LogP contribution is 2.42. The zero-order valence-electron chi connectivity index (χ0n) is 10.1. The molecule has 1 aliphatic rings. The van der Waals surface area contributed by atoms with E-state index >= 15 is 0 Å². The van der Waals surface area contributed by atoms with E-state index in [1.807, 2.05) is 0 Å². The summed E-state index contributed by atoms with van der Waals surface area (Å²) in [4.78, 5) is 0. The molecule has 1 fully saturated rings. The van der Waals surface area contributed by atoms with Crippen LogP contribution in [0.25, 0.3) is 0 Å². The summed E-state index contributed by atoms with van der Waals surface area (Å²) in [6, 6.07) is 0. The molecule has 0 amide bonds. The molecule has 1 N–H and O–H groups in total. The molecule has 1 saturated carbocycles. The summed E-state index contributed by atoms with van der Waals surface area (Å²) in [7, 11) is 1.66. The highest BCUT2D eigenvalue weighted by molar-refractivity contribution is 5.01. The first-order chi connectivity index (χ1) is 8.39. The van der Waals surface area contributed by atoms with Gasteiger partial charge in [-0.2, -0.15) is 13.2 Å². The number of aliphatic hydroxyl groups excluding tert-OH is 1. The van der Waals surface area contributed by atoms with Gasteiger partial charge in [0.15, 0.2) is 0 Å². The number of hydrogen-bond donors (Lipinski definition) is 1. The molecule has 18 heavy (non-hydrogen) atoms. The van der Waals surface area contributed by atoms with Crippen molar-refractivity contribution in [2.75, 3.05) is 0 Å². The summed E-state index contributed by atoms with van der Waals surface area (Å²) in [5.74, 6) is -1.36. The van der Waals surface area contributed by atoms with E-state index in [4.69, 9.17) is 0 Å². The lowest BCUT2D eigenvalue weighted by molar-refractivity contribution is -0.185. The van der Waals surface area contributed by atoms with Gasteiger partial charge in [-0.3, -0.25) is 0 Å². The Hall–Kier alpha value is -1.11. The zero-order valence-corrected chi connectivity index (χ0v) is 10.1. The van der Waals surface area contributed by atoms with Crippen LogP contribution in [0.3, 0.4) is 0 Å². The third-order valence-electron chi connectivity index (χ3n) is 3.73. The molecule has 0 saturated heterocycles. The number of nitrogens with zero attached hydrogens (tertiary/aromatic N) is 3. The van der Waals surface area contributed by atoms with E-state index in [2.05, 4.69) is 10.3 Å². The smallest absolute Gasteiger partial charge is 0.386 e. The topological polar surface area (TPSA) is 50.9 Å². The van der Waals surface area contributed by atoms with Crippen molar-refractivity contribution >= 4 is 0 Å². The van der Waals surface area contributed by atoms with Crippen molar-refractivity contribution in [3.05, 3.63) is 11.9 Å². The summed E-state index contributed by atoms with van der Waals surface area (Å²) in [6.07, 6.45) is -2.47. The minimum atomic E-state index is -4.11. The van der Waals surface area contributed by atoms with Crippen molar-refractivity contribution in [3.8, 4) is 0 Å². The maximum Gasteiger partial charge on any atom is 0.391 e. The predicted octanol–water partition coefficient (Wildman–Crippen LogP) is 2.22. The number of rotatable bonds is 2. The second-order valence-electron chi connectivity index (χ2n) is 4.88. The predicted molar refractivity (Wildman–Crippen MR) is 57.5 cm³/mol. The summed E-state index contributed by atoms with van der Waals surface area (Å²) in [6.45, 7) is 0. The molecule has 1 aliphatic carbocycles. The molecular formula is C11H16F3N3O. The van der Waals surface area contributed by atoms with Gasteiger partial charge in [-0.05, 0) is 31.6 Å². The number of aromatic nitrogens is 3. The first-order valence-corrected chi connectivity index (χ1v) is 5.99. The van der Waals surface area contributed by atoms with Crippen LogP contribution in [0.4, 0.5) is 13.2 Å². The van der Waals surface area contributed by atoms with Gasteiger partial charge >= 0.3 is 6.18 Å². The van der Waals surface area contributed by atoms with Crippen LogP contribution in [-0.4, -0.2) is 26.3 Å². The van der Waals surface area contributed by atoms with Crippen molar-refractivity contribution in [1.29, 1.82) is 0 Å². The van der Waals surface area contributed by atoms with Gasteiger partial charge in [0.25, 0.3) is 0 Å². The van der Waals surface area contributed by atoms with Gasteiger partial charge in [-0.15, -0.1) is 5.10 Å². The number of alkyl halides is 3. The average molecular weight is 263 g/mol. The van der Waals surface area contributed by atoms with Crippen LogP contribution in [-0.2, 0) is 7.05 Å². The summed E-state index contributed by atoms with van der Waals surface area (Å²) >= 11 is 0. The Balaban J connectivity index is 1.96. The Kier molecular flexibility index (Phi) is 3.61. The summed E-state index contributed by atoms with van der Waals surface area (Å²) < 4.78 is 39.0. The lowest BCUT2D eigenvalue weighted by Gasteiger charge is -2.32. The van der Waals surface area contributed by atoms with Gasteiger partial charge in [0.05, 0.1) is 17.8 Å². The minimum Gasteiger partial charge on any atom is -0.386 e. The van der Waals surface area contributed by atoms with Crippen LogP contribution in [0, 0.1) is 11.8 Å². The van der Waals surface area contributed by atoms with Crippen molar-refractivity contribution in [2.24, 2.45) is 18.9 Å². The van der Waals surface area contributed by atoms with Gasteiger partial charge in [0.2, 0.25) is 0 Å². The number of aryl methyl sites for hydroxylation is 1. The van der Waals surface area contributed by atoms with Crippen LogP contribution in [0.15, 0.2) is 6.20 Å². The van der Waals surface area contributed by atoms with E-state index in [0.717, 1.165) is 0 Å². The molecule has 1 aromatic heterocycles. The lowest BCUT2D eigenvalue weighted by Crippen LogP contribution is -2.30. The van der Waals surface area contributed by atoms with Crippen LogP contribution in [0.2, 0.25) is 0 Å². The van der Waals surface area contributed by atoms with Crippen molar-refractivity contribution in [1.82, 2.24) is 15.0 Å². The zero-order chi connectivity index (χ0) is 13.3. The van der Waals surface area contributed by atoms with Gasteiger partial charge in [-0.1, -0.05) is 5.21 Å². The van der Waals surface area contributed by atoms with Crippen molar-refractivity contribution in [2.45, 2.75) is 38.0 Å². The van der Waals surface area contributed by atoms with Crippen molar-refractivity contribution < 1.29 is 18.3 Å². The molecule has 1 heterocycles. The van der Waals surface area contributed by atoms with Crippen molar-refractivity contribution in [3.63, 3.8) is 0 Å². The van der Waals surface area contributed by atoms with Crippen LogP contribution >= 0.6 is 0 Å². The van der Waals surface area contributed by atoms with Gasteiger partial charge in [0.1, 0.15) is 6.10 Å². The van der Waals surface area contributed by atoms with E-state index < -0.39 is 18.2 Å². The Morgan fingerprint density at radius 2 is 1.94 bits per heavy atom. The normalized spacial score (nSPS) is 27.2. The van der Waals surface area contributed by atoms with Gasteiger partial charge in [0, 0.05) is 7.05 Å². The largest absolute Gasteiger partial charge is 0.391 e. The Labute approximate surface area is 103 Å². The first kappa shape index (κ1) is 13.3. The lowest BCUT2D eigenvalue weighted by atomic mass is 9.78. The monoisotopic (exact) mass is 263 g/mol. The maximum absolute atomic E-state index is 12.5. The van der Waals surface area contributed by atoms with E-state index in [1.165, 1.54) is 10.9 Å². The van der Waals surface area contributed by atoms with Gasteiger partial charge in [-0.25, -0.2) is 4.68 Å². The molecule has 4 nitrogen and oxygen atoms in total. The second kappa shape index (κ2) is 4.87. The Morgan fingerprint density at radius 1 is 1.33 bits per heavy atom. The molecule has 0 spiro atoms. The molecule has 0 bridgehead atoms. The molecule has 102 valence electrons. The van der Waals surface area contributed by atoms with Crippen LogP contribution < -0.4 is 0 Å². The molecular weight excluding hydrogens is 247 g/mol. The third-order valence-corrected chi connectivity index (χ3v) is 3.73. The van der Waals surface area contributed by atoms with Crippen LogP contribution in [0.5, 0.6) is 0 Å². The Morgan fingerprint density at radius 3 is 2.39 bits per heavy atom. The number of halogens is 3. The quantitative estimate of drug-likeness (QED) is 0.890. The standard InChI is InChI=1S/C11H16F3N3O/c1-17-9(6-15-16-17)10(18)7-2-4-8(5-3-7)11(12,13)14/h6-8,10,18H,2-5H2,1H3. The first-order valence-electron chi connectivity index (χ1n) is 5.99. The number of hydrogen-bond acceptors (Lipinski definition) is 3. The summed E-state index contributed by atoms with van der Waals surface area (Å²) in [5.41, 5.74) is 0.561. The molecule has 0 aromatic carbocycles. The molecule has 0 radical (unpaired) electrons. The fourth-order valence-corrected chi connectivity index (χ4v) is 2.57. The highest BCUT2D eigenvalue weighted by Gasteiger charge is 2.42. The van der Waals surface area contributed by atoms with Crippen LogP contribution in [0.1, 0.15) is 37.5 Å². The van der Waals surface area contributed by atoms with E-state index in [-0.39, 0.29) is 18.8 Å². The average Bonchev–Trinajstić information content (AvgIpc) is 2.73. The molecule has 7 heteroatoms. The third kappa shape index (κ3) is 2.66. The minimum absolute atomic E-state index is 0.0938. The molecule has 2 rings (SSSR count). The van der Waals surface area contributed by atoms with E-state index in [1.54, 1.807) is 7.05 Å². The molecule has 1 aromatic rings. The maximum atomic E-state index is 12.5. The second-order valence-corrected chi connectivity index (χ2v) is 4.88. The molecule has 1 unspecified atom stereocenters. The number of aliphatic hydroxyl groups is 1. The Bertz CT molecular complexity index is 396. The molecule has 0 aliphatic heterocycles. The fraction of sp³-hybridized carbons (Fsp3) is 0.818. The van der Waals surface area contributed by atoms with E-state index in [9.17, 15) is 18.3 Å².